The van der Waals surface area contributed by atoms with Crippen LogP contribution in [-0.4, -0.2) is 32.6 Å². The highest BCUT2D eigenvalue weighted by Crippen LogP contribution is 2.16. The molecular weight excluding hydrogens is 256 g/mol. The Kier molecular flexibility index (Phi) is 3.88. The van der Waals surface area contributed by atoms with E-state index in [1.54, 1.807) is 31.3 Å². The van der Waals surface area contributed by atoms with Crippen molar-refractivity contribution in [3.63, 3.8) is 0 Å². The molecule has 0 bridgehead atoms. The van der Waals surface area contributed by atoms with Crippen LogP contribution in [0.2, 0.25) is 5.02 Å². The summed E-state index contributed by atoms with van der Waals surface area (Å²) in [5.41, 5.74) is 0. The van der Waals surface area contributed by atoms with Gasteiger partial charge in [-0.15, -0.1) is 10.2 Å². The van der Waals surface area contributed by atoms with Gasteiger partial charge in [0.25, 0.3) is 0 Å². The summed E-state index contributed by atoms with van der Waals surface area (Å²) in [4.78, 5) is 12.9. The molecule has 18 heavy (non-hydrogen) atoms. The summed E-state index contributed by atoms with van der Waals surface area (Å²) in [7, 11) is 1.64. The van der Waals surface area contributed by atoms with Crippen molar-refractivity contribution >= 4 is 17.4 Å². The Morgan fingerprint density at radius 2 is 2.33 bits per heavy atom. The van der Waals surface area contributed by atoms with Gasteiger partial charge in [0.2, 0.25) is 0 Å². The normalized spacial score (nSPS) is 10.3. The number of ether oxygens (including phenoxy) is 1. The monoisotopic (exact) mass is 266 g/mol. The van der Waals surface area contributed by atoms with E-state index in [0.29, 0.717) is 16.6 Å². The number of aromatic nitrogens is 4. The number of ketones is 1. The molecule has 0 saturated carbocycles. The largest absolute Gasteiger partial charge is 0.486 e. The maximum Gasteiger partial charge on any atom is 0.182 e. The van der Waals surface area contributed by atoms with E-state index in [2.05, 4.69) is 15.4 Å². The first kappa shape index (κ1) is 12.5. The molecule has 2 rings (SSSR count). The third-order valence-corrected chi connectivity index (χ3v) is 2.34. The van der Waals surface area contributed by atoms with Crippen LogP contribution in [0.3, 0.4) is 0 Å². The highest BCUT2D eigenvalue weighted by atomic mass is 35.5. The summed E-state index contributed by atoms with van der Waals surface area (Å²) in [6.45, 7) is -0.0431. The van der Waals surface area contributed by atoms with Crippen LogP contribution >= 0.6 is 11.6 Å². The first-order valence-corrected chi connectivity index (χ1v) is 5.64. The molecule has 0 spiro atoms. The standard InChI is InChI=1S/C11H11ClN4O2/c1-16-14-11(13-15-16)6-9(17)7-18-10-4-2-3-8(12)5-10/h2-5H,6-7H2,1H3. The van der Waals surface area contributed by atoms with Crippen molar-refractivity contribution in [2.24, 2.45) is 7.05 Å². The lowest BCUT2D eigenvalue weighted by Gasteiger charge is -2.04. The molecule has 1 heterocycles. The van der Waals surface area contributed by atoms with Crippen LogP contribution in [0.4, 0.5) is 0 Å². The minimum atomic E-state index is -0.122. The van der Waals surface area contributed by atoms with Crippen LogP contribution in [0.25, 0.3) is 0 Å². The first-order valence-electron chi connectivity index (χ1n) is 5.26. The van der Waals surface area contributed by atoms with Gasteiger partial charge >= 0.3 is 0 Å². The average Bonchev–Trinajstić information content (AvgIpc) is 2.72. The van der Waals surface area contributed by atoms with Gasteiger partial charge in [-0.1, -0.05) is 17.7 Å². The number of tetrazole rings is 1. The maximum absolute atomic E-state index is 11.6. The molecule has 7 heteroatoms. The molecule has 0 atom stereocenters. The summed E-state index contributed by atoms with van der Waals surface area (Å²) in [5.74, 6) is 0.822. The molecule has 0 unspecified atom stereocenters. The van der Waals surface area contributed by atoms with Gasteiger partial charge in [0.15, 0.2) is 11.6 Å². The van der Waals surface area contributed by atoms with E-state index >= 15 is 0 Å². The summed E-state index contributed by atoms with van der Waals surface area (Å²) in [6.07, 6.45) is 0.106. The number of halogens is 1. The Hall–Kier alpha value is -1.95. The van der Waals surface area contributed by atoms with Gasteiger partial charge in [-0.25, -0.2) is 0 Å². The number of carbonyl (C=O) groups excluding carboxylic acids is 1. The highest BCUT2D eigenvalue weighted by molar-refractivity contribution is 6.30. The fourth-order valence-electron chi connectivity index (χ4n) is 1.34. The van der Waals surface area contributed by atoms with Crippen molar-refractivity contribution in [1.82, 2.24) is 20.2 Å². The molecule has 0 radical (unpaired) electrons. The topological polar surface area (TPSA) is 69.9 Å². The van der Waals surface area contributed by atoms with Gasteiger partial charge in [-0.2, -0.15) is 4.80 Å². The molecule has 0 saturated heterocycles. The lowest BCUT2D eigenvalue weighted by Crippen LogP contribution is -2.14. The second-order valence-corrected chi connectivity index (χ2v) is 4.09. The number of hydrogen-bond acceptors (Lipinski definition) is 5. The molecule has 1 aromatic heterocycles. The van der Waals surface area contributed by atoms with E-state index in [1.807, 2.05) is 0 Å². The van der Waals surface area contributed by atoms with Gasteiger partial charge < -0.3 is 4.74 Å². The van der Waals surface area contributed by atoms with E-state index in [-0.39, 0.29) is 18.8 Å². The zero-order valence-corrected chi connectivity index (χ0v) is 10.5. The number of nitrogens with zero attached hydrogens (tertiary/aromatic N) is 4. The van der Waals surface area contributed by atoms with Crippen LogP contribution in [0.1, 0.15) is 5.82 Å². The number of aryl methyl sites for hydroxylation is 1. The van der Waals surface area contributed by atoms with Crippen molar-refractivity contribution in [3.8, 4) is 5.75 Å². The smallest absolute Gasteiger partial charge is 0.182 e. The molecule has 0 fully saturated rings. The zero-order chi connectivity index (χ0) is 13.0. The molecule has 6 nitrogen and oxygen atoms in total. The minimum Gasteiger partial charge on any atom is -0.486 e. The Morgan fingerprint density at radius 3 is 3.00 bits per heavy atom. The zero-order valence-electron chi connectivity index (χ0n) is 9.71. The van der Waals surface area contributed by atoms with Crippen LogP contribution < -0.4 is 4.74 Å². The molecular formula is C11H11ClN4O2. The fraction of sp³-hybridized carbons (Fsp3) is 0.273. The quantitative estimate of drug-likeness (QED) is 0.809. The van der Waals surface area contributed by atoms with E-state index in [1.165, 1.54) is 4.80 Å². The van der Waals surface area contributed by atoms with Crippen molar-refractivity contribution in [2.45, 2.75) is 6.42 Å². The van der Waals surface area contributed by atoms with E-state index in [4.69, 9.17) is 16.3 Å². The Bertz CT molecular complexity index is 555. The lowest BCUT2D eigenvalue weighted by molar-refractivity contribution is -0.120. The molecule has 0 aliphatic heterocycles. The first-order chi connectivity index (χ1) is 8.63. The second-order valence-electron chi connectivity index (χ2n) is 3.66. The van der Waals surface area contributed by atoms with Crippen molar-refractivity contribution in [2.75, 3.05) is 6.61 Å². The van der Waals surface area contributed by atoms with Crippen molar-refractivity contribution in [3.05, 3.63) is 35.1 Å². The van der Waals surface area contributed by atoms with Gasteiger partial charge in [-0.3, -0.25) is 4.79 Å². The molecule has 2 aromatic rings. The number of Topliss-reactive ketones (excluding diaryl/α,β-unsaturated/α-hetero) is 1. The maximum atomic E-state index is 11.6. The molecule has 1 aromatic carbocycles. The van der Waals surface area contributed by atoms with Crippen molar-refractivity contribution < 1.29 is 9.53 Å². The lowest BCUT2D eigenvalue weighted by atomic mass is 10.3. The van der Waals surface area contributed by atoms with Crippen molar-refractivity contribution in [1.29, 1.82) is 0 Å². The number of rotatable bonds is 5. The van der Waals surface area contributed by atoms with Gasteiger partial charge in [-0.05, 0) is 23.4 Å². The molecule has 94 valence electrons. The Morgan fingerprint density at radius 1 is 1.50 bits per heavy atom. The van der Waals surface area contributed by atoms with Gasteiger partial charge in [0.1, 0.15) is 12.4 Å². The molecule has 0 aliphatic carbocycles. The van der Waals surface area contributed by atoms with Crippen LogP contribution in [0.15, 0.2) is 24.3 Å². The van der Waals surface area contributed by atoms with E-state index in [0.717, 1.165) is 0 Å². The summed E-state index contributed by atoms with van der Waals surface area (Å²) in [5, 5.41) is 11.9. The van der Waals surface area contributed by atoms with E-state index < -0.39 is 0 Å². The third-order valence-electron chi connectivity index (χ3n) is 2.10. The fourth-order valence-corrected chi connectivity index (χ4v) is 1.52. The average molecular weight is 267 g/mol. The summed E-state index contributed by atoms with van der Waals surface area (Å²) < 4.78 is 5.31. The SMILES string of the molecule is Cn1nnc(CC(=O)COc2cccc(Cl)c2)n1. The van der Waals surface area contributed by atoms with Crippen LogP contribution in [0, 0.1) is 0 Å². The Labute approximate surface area is 109 Å². The minimum absolute atomic E-state index is 0.0431. The van der Waals surface area contributed by atoms with Crippen LogP contribution in [0.5, 0.6) is 5.75 Å². The van der Waals surface area contributed by atoms with Crippen LogP contribution in [-0.2, 0) is 18.3 Å². The molecule has 0 amide bonds. The summed E-state index contributed by atoms with van der Waals surface area (Å²) in [6, 6.07) is 6.88. The number of benzene rings is 1. The Balaban J connectivity index is 1.85. The van der Waals surface area contributed by atoms with E-state index in [9.17, 15) is 4.79 Å². The van der Waals surface area contributed by atoms with Gasteiger partial charge in [0, 0.05) is 5.02 Å². The highest BCUT2D eigenvalue weighted by Gasteiger charge is 2.09. The summed E-state index contributed by atoms with van der Waals surface area (Å²) >= 11 is 5.80. The third kappa shape index (κ3) is 3.53. The predicted octanol–water partition coefficient (Wildman–Crippen LogP) is 1.05. The van der Waals surface area contributed by atoms with Gasteiger partial charge in [0.05, 0.1) is 13.5 Å². The number of hydrogen-bond donors (Lipinski definition) is 0. The second kappa shape index (κ2) is 5.59. The molecule has 0 aliphatic rings. The predicted molar refractivity (Wildman–Crippen MR) is 64.5 cm³/mol. The number of carbonyl (C=O) groups is 1. The molecule has 0 N–H and O–H groups in total.